The zero-order valence-corrected chi connectivity index (χ0v) is 6.55. The van der Waals surface area contributed by atoms with E-state index < -0.39 is 12.2 Å². The van der Waals surface area contributed by atoms with Crippen LogP contribution in [0.2, 0.25) is 5.02 Å². The summed E-state index contributed by atoms with van der Waals surface area (Å²) in [6, 6.07) is 2.50. The average Bonchev–Trinajstić information content (AvgIpc) is 2.04. The largest absolute Gasteiger partial charge is 0.302 e. The molecule has 0 aliphatic heterocycles. The van der Waals surface area contributed by atoms with Crippen LogP contribution in [-0.4, -0.2) is 17.2 Å². The van der Waals surface area contributed by atoms with E-state index >= 15 is 0 Å². The standard InChI is InChI=1S/C7H4ClF2NO/c8-4-1-2-5(11-3-4)6(12)7(9)10/h1-3,7H. The predicted molar refractivity (Wildman–Crippen MR) is 39.6 cm³/mol. The van der Waals surface area contributed by atoms with Gasteiger partial charge in [-0.2, -0.15) is 0 Å². The fourth-order valence-corrected chi connectivity index (χ4v) is 0.745. The van der Waals surface area contributed by atoms with Gasteiger partial charge in [-0.15, -0.1) is 0 Å². The Hall–Kier alpha value is -1.03. The van der Waals surface area contributed by atoms with E-state index in [4.69, 9.17) is 11.6 Å². The Bertz CT molecular complexity index is 286. The lowest BCUT2D eigenvalue weighted by atomic mass is 10.2. The molecule has 0 saturated heterocycles. The van der Waals surface area contributed by atoms with E-state index in [2.05, 4.69) is 4.98 Å². The maximum atomic E-state index is 11.8. The van der Waals surface area contributed by atoms with Gasteiger partial charge in [0.2, 0.25) is 5.78 Å². The van der Waals surface area contributed by atoms with Gasteiger partial charge in [-0.25, -0.2) is 8.78 Å². The van der Waals surface area contributed by atoms with Crippen LogP contribution in [-0.2, 0) is 0 Å². The van der Waals surface area contributed by atoms with E-state index in [9.17, 15) is 13.6 Å². The van der Waals surface area contributed by atoms with Gasteiger partial charge < -0.3 is 0 Å². The summed E-state index contributed by atoms with van der Waals surface area (Å²) in [5, 5.41) is 0.306. The van der Waals surface area contributed by atoms with Gasteiger partial charge in [0.25, 0.3) is 0 Å². The summed E-state index contributed by atoms with van der Waals surface area (Å²) in [5.41, 5.74) is -0.269. The quantitative estimate of drug-likeness (QED) is 0.671. The molecule has 0 fully saturated rings. The molecule has 0 amide bonds. The molecule has 1 aromatic heterocycles. The number of alkyl halides is 2. The Labute approximate surface area is 72.2 Å². The molecule has 0 atom stereocenters. The molecule has 0 saturated carbocycles. The number of carbonyl (C=O) groups excluding carboxylic acids is 1. The van der Waals surface area contributed by atoms with Gasteiger partial charge in [-0.1, -0.05) is 11.6 Å². The number of rotatable bonds is 2. The molecule has 0 unspecified atom stereocenters. The molecule has 0 aliphatic rings. The molecule has 0 radical (unpaired) electrons. The van der Waals surface area contributed by atoms with E-state index in [0.717, 1.165) is 12.3 Å². The minimum Gasteiger partial charge on any atom is -0.286 e. The van der Waals surface area contributed by atoms with E-state index in [0.29, 0.717) is 5.02 Å². The van der Waals surface area contributed by atoms with E-state index in [1.54, 1.807) is 0 Å². The van der Waals surface area contributed by atoms with E-state index in [1.807, 2.05) is 0 Å². The zero-order valence-electron chi connectivity index (χ0n) is 5.80. The summed E-state index contributed by atoms with van der Waals surface area (Å²) < 4.78 is 23.6. The monoisotopic (exact) mass is 191 g/mol. The molecule has 1 rings (SSSR count). The molecule has 0 spiro atoms. The first-order valence-corrected chi connectivity index (χ1v) is 3.43. The Morgan fingerprint density at radius 2 is 2.17 bits per heavy atom. The SMILES string of the molecule is O=C(c1ccc(Cl)cn1)C(F)F. The highest BCUT2D eigenvalue weighted by Gasteiger charge is 2.18. The van der Waals surface area contributed by atoms with Crippen molar-refractivity contribution in [1.82, 2.24) is 4.98 Å². The van der Waals surface area contributed by atoms with Crippen molar-refractivity contribution in [2.75, 3.05) is 0 Å². The third kappa shape index (κ3) is 1.98. The van der Waals surface area contributed by atoms with Crippen LogP contribution in [0.5, 0.6) is 0 Å². The molecule has 1 aromatic rings. The number of pyridine rings is 1. The van der Waals surface area contributed by atoms with E-state index in [-0.39, 0.29) is 5.69 Å². The van der Waals surface area contributed by atoms with Crippen molar-refractivity contribution < 1.29 is 13.6 Å². The molecule has 12 heavy (non-hydrogen) atoms. The van der Waals surface area contributed by atoms with Gasteiger partial charge in [0.1, 0.15) is 5.69 Å². The highest BCUT2D eigenvalue weighted by Crippen LogP contribution is 2.09. The Kier molecular flexibility index (Phi) is 2.70. The number of hydrogen-bond donors (Lipinski definition) is 0. The average molecular weight is 192 g/mol. The summed E-state index contributed by atoms with van der Waals surface area (Å²) in [6.45, 7) is 0. The maximum absolute atomic E-state index is 11.8. The van der Waals surface area contributed by atoms with Crippen molar-refractivity contribution in [2.45, 2.75) is 6.43 Å². The summed E-state index contributed by atoms with van der Waals surface area (Å²) in [7, 11) is 0. The summed E-state index contributed by atoms with van der Waals surface area (Å²) in [5.74, 6) is -1.29. The van der Waals surface area contributed by atoms with Crippen LogP contribution in [0, 0.1) is 0 Å². The minimum absolute atomic E-state index is 0.269. The molecule has 0 N–H and O–H groups in total. The Balaban J connectivity index is 2.90. The molecular formula is C7H4ClF2NO. The van der Waals surface area contributed by atoms with Crippen molar-refractivity contribution in [3.63, 3.8) is 0 Å². The van der Waals surface area contributed by atoms with Crippen LogP contribution in [0.25, 0.3) is 0 Å². The van der Waals surface area contributed by atoms with Gasteiger partial charge in [-0.05, 0) is 12.1 Å². The predicted octanol–water partition coefficient (Wildman–Crippen LogP) is 2.18. The Morgan fingerprint density at radius 3 is 2.58 bits per heavy atom. The smallest absolute Gasteiger partial charge is 0.286 e. The first-order valence-electron chi connectivity index (χ1n) is 3.05. The van der Waals surface area contributed by atoms with Crippen molar-refractivity contribution in [3.8, 4) is 0 Å². The van der Waals surface area contributed by atoms with Crippen LogP contribution < -0.4 is 0 Å². The second kappa shape index (κ2) is 3.58. The van der Waals surface area contributed by atoms with Gasteiger partial charge in [-0.3, -0.25) is 9.78 Å². The van der Waals surface area contributed by atoms with E-state index in [1.165, 1.54) is 6.07 Å². The number of ketones is 1. The molecule has 0 aromatic carbocycles. The Morgan fingerprint density at radius 1 is 1.50 bits per heavy atom. The molecular weight excluding hydrogens is 188 g/mol. The van der Waals surface area contributed by atoms with Gasteiger partial charge >= 0.3 is 6.43 Å². The third-order valence-electron chi connectivity index (χ3n) is 1.18. The number of nitrogens with zero attached hydrogens (tertiary/aromatic N) is 1. The lowest BCUT2D eigenvalue weighted by Crippen LogP contribution is -2.11. The maximum Gasteiger partial charge on any atom is 0.302 e. The second-order valence-corrected chi connectivity index (χ2v) is 2.46. The fraction of sp³-hybridized carbons (Fsp3) is 0.143. The van der Waals surface area contributed by atoms with Crippen LogP contribution in [0.3, 0.4) is 0 Å². The molecule has 1 heterocycles. The van der Waals surface area contributed by atoms with Crippen LogP contribution in [0.15, 0.2) is 18.3 Å². The van der Waals surface area contributed by atoms with Crippen LogP contribution in [0.4, 0.5) is 8.78 Å². The van der Waals surface area contributed by atoms with Gasteiger partial charge in [0, 0.05) is 6.20 Å². The van der Waals surface area contributed by atoms with Crippen molar-refractivity contribution in [2.24, 2.45) is 0 Å². The lowest BCUT2D eigenvalue weighted by molar-refractivity contribution is 0.0673. The fourth-order valence-electron chi connectivity index (χ4n) is 0.633. The second-order valence-electron chi connectivity index (χ2n) is 2.03. The lowest BCUT2D eigenvalue weighted by Gasteiger charge is -1.97. The van der Waals surface area contributed by atoms with Crippen molar-refractivity contribution in [1.29, 1.82) is 0 Å². The van der Waals surface area contributed by atoms with Crippen LogP contribution in [0.1, 0.15) is 10.5 Å². The molecule has 0 bridgehead atoms. The number of Topliss-reactive ketones (excluding diaryl/α,β-unsaturated/α-hetero) is 1. The molecule has 0 aliphatic carbocycles. The first-order chi connectivity index (χ1) is 5.61. The number of aromatic nitrogens is 1. The highest BCUT2D eigenvalue weighted by molar-refractivity contribution is 6.30. The zero-order chi connectivity index (χ0) is 9.14. The van der Waals surface area contributed by atoms with Gasteiger partial charge in [0.05, 0.1) is 5.02 Å². The molecule has 5 heteroatoms. The normalized spacial score (nSPS) is 10.3. The first kappa shape index (κ1) is 9.06. The number of carbonyl (C=O) groups is 1. The summed E-state index contributed by atoms with van der Waals surface area (Å²) >= 11 is 5.43. The van der Waals surface area contributed by atoms with Gasteiger partial charge in [0.15, 0.2) is 0 Å². The number of hydrogen-bond acceptors (Lipinski definition) is 2. The molecule has 2 nitrogen and oxygen atoms in total. The highest BCUT2D eigenvalue weighted by atomic mass is 35.5. The van der Waals surface area contributed by atoms with Crippen molar-refractivity contribution >= 4 is 17.4 Å². The van der Waals surface area contributed by atoms with Crippen molar-refractivity contribution in [3.05, 3.63) is 29.0 Å². The molecule has 64 valence electrons. The topological polar surface area (TPSA) is 30.0 Å². The summed E-state index contributed by atoms with van der Waals surface area (Å²) in [6.07, 6.45) is -1.87. The number of halogens is 3. The third-order valence-corrected chi connectivity index (χ3v) is 1.40. The van der Waals surface area contributed by atoms with Crippen LogP contribution >= 0.6 is 11.6 Å². The minimum atomic E-state index is -3.02. The summed E-state index contributed by atoms with van der Waals surface area (Å²) in [4.78, 5) is 14.0.